The summed E-state index contributed by atoms with van der Waals surface area (Å²) in [6.45, 7) is 29.6. The molecule has 0 fully saturated rings. The summed E-state index contributed by atoms with van der Waals surface area (Å²) in [4.78, 5) is 0. The number of hydrogen-bond acceptors (Lipinski definition) is 0. The summed E-state index contributed by atoms with van der Waals surface area (Å²) in [7, 11) is 12.5. The molecule has 6 nitrogen and oxygen atoms in total. The van der Waals surface area contributed by atoms with Crippen LogP contribution in [0.3, 0.4) is 0 Å². The van der Waals surface area contributed by atoms with E-state index in [-0.39, 0.29) is 0 Å². The average molecular weight is 1280 g/mol. The minimum absolute atomic E-state index is 0.393. The van der Waals surface area contributed by atoms with Crippen molar-refractivity contribution in [2.45, 2.75) is 124 Å². The predicted octanol–water partition coefficient (Wildman–Crippen LogP) is 18.6. The van der Waals surface area contributed by atoms with E-state index in [0.717, 1.165) is 45.0 Å². The van der Waals surface area contributed by atoms with Gasteiger partial charge in [0.1, 0.15) is 42.3 Å². The second kappa shape index (κ2) is 33.6. The second-order valence-corrected chi connectivity index (χ2v) is 25.9. The maximum Gasteiger partial charge on any atom is 0.212 e. The number of nitrogens with zero attached hydrogens (tertiary/aromatic N) is 6. The van der Waals surface area contributed by atoms with Gasteiger partial charge in [0.2, 0.25) is 34.2 Å². The van der Waals surface area contributed by atoms with Gasteiger partial charge in [0, 0.05) is 150 Å². The Morgan fingerprint density at radius 3 is 0.854 bits per heavy atom. The van der Waals surface area contributed by atoms with Gasteiger partial charge in [-0.05, 0) is 194 Å². The van der Waals surface area contributed by atoms with Crippen molar-refractivity contribution in [2.24, 2.45) is 42.3 Å². The fraction of sp³-hybridized carbons (Fsp3) is 0.267. The molecular formula is C90H108N6+6. The van der Waals surface area contributed by atoms with Gasteiger partial charge in [0.15, 0.2) is 34.2 Å². The number of rotatable bonds is 6. The van der Waals surface area contributed by atoms with Crippen LogP contribution in [-0.4, -0.2) is 0 Å². The summed E-state index contributed by atoms with van der Waals surface area (Å²) in [5.41, 5.74) is 35.2. The lowest BCUT2D eigenvalue weighted by molar-refractivity contribution is -0.666. The van der Waals surface area contributed by atoms with Crippen molar-refractivity contribution in [1.29, 1.82) is 0 Å². The van der Waals surface area contributed by atoms with Crippen LogP contribution in [0.15, 0.2) is 218 Å². The maximum absolute atomic E-state index is 7.60. The Kier molecular flexibility index (Phi) is 22.7. The highest BCUT2D eigenvalue weighted by atomic mass is 15.0. The molecule has 6 aromatic heterocycles. The highest BCUT2D eigenvalue weighted by molar-refractivity contribution is 5.67. The first-order valence-corrected chi connectivity index (χ1v) is 33.3. The lowest BCUT2D eigenvalue weighted by atomic mass is 9.99. The van der Waals surface area contributed by atoms with E-state index in [2.05, 4.69) is 297 Å². The number of pyridine rings is 6. The molecule has 6 heterocycles. The Morgan fingerprint density at radius 1 is 0.208 bits per heavy atom. The molecule has 0 atom stereocenters. The molecule has 0 spiro atoms. The fourth-order valence-corrected chi connectivity index (χ4v) is 12.0. The molecule has 0 aliphatic carbocycles. The smallest absolute Gasteiger partial charge is 0.199 e. The molecule has 492 valence electrons. The molecule has 0 bridgehead atoms. The third kappa shape index (κ3) is 18.4. The zero-order valence-electron chi connectivity index (χ0n) is 67.5. The highest BCUT2D eigenvalue weighted by Crippen LogP contribution is 2.28. The van der Waals surface area contributed by atoms with Crippen molar-refractivity contribution >= 4 is 0 Å². The fourth-order valence-electron chi connectivity index (χ4n) is 12.0. The lowest BCUT2D eigenvalue weighted by Crippen LogP contribution is -2.34. The van der Waals surface area contributed by atoms with E-state index in [1.807, 2.05) is 83.4 Å². The molecule has 0 N–H and O–H groups in total. The second-order valence-electron chi connectivity index (χ2n) is 25.9. The zero-order chi connectivity index (χ0) is 75.2. The van der Waals surface area contributed by atoms with Crippen molar-refractivity contribution in [2.75, 3.05) is 0 Å². The maximum atomic E-state index is 7.60. The molecule has 6 aromatic carbocycles. The van der Waals surface area contributed by atoms with Crippen LogP contribution in [0, 0.1) is 124 Å². The van der Waals surface area contributed by atoms with Crippen molar-refractivity contribution in [3.63, 3.8) is 0 Å². The first-order chi connectivity index (χ1) is 48.0. The van der Waals surface area contributed by atoms with Crippen LogP contribution in [0.2, 0.25) is 0 Å². The highest BCUT2D eigenvalue weighted by Gasteiger charge is 2.20. The molecule has 0 aliphatic rings. The number of aromatic nitrogens is 6. The third-order valence-corrected chi connectivity index (χ3v) is 18.7. The summed E-state index contributed by atoms with van der Waals surface area (Å²) < 4.78 is 58.3. The van der Waals surface area contributed by atoms with E-state index in [1.165, 1.54) is 112 Å². The van der Waals surface area contributed by atoms with E-state index in [4.69, 9.17) is 8.22 Å². The zero-order valence-corrected chi connectivity index (χ0v) is 61.5. The Bertz CT molecular complexity index is 4820. The van der Waals surface area contributed by atoms with Gasteiger partial charge in [-0.2, -0.15) is 27.4 Å². The lowest BCUT2D eigenvalue weighted by Gasteiger charge is -2.08. The SMILES string of the molecule is Cc1ccc(-c2cccc(C)[n+]2C)c(C)c1.Cc1ccc(C)c(-c2cccc(C)[n+]2C)c1.Cc1ccc(C)c(-c2cccc(C)[n+]2C)c1.Cc1cccc(C)c1-c1cccc(C)[n+]1C.[2H]C([2H])([2H])c1ccc(-c2cccc(C)[n+]2C)c(C)c1.[2H]C([2H])([2H])c1cccc(-c2cccc(C)[n+]2C)c1C. The molecule has 6 heteroatoms. The molecule has 12 aromatic rings. The van der Waals surface area contributed by atoms with Crippen LogP contribution in [0.4, 0.5) is 0 Å². The van der Waals surface area contributed by atoms with Gasteiger partial charge in [-0.3, -0.25) is 0 Å². The van der Waals surface area contributed by atoms with Gasteiger partial charge >= 0.3 is 0 Å². The molecule has 0 aliphatic heterocycles. The van der Waals surface area contributed by atoms with E-state index < -0.39 is 13.7 Å². The van der Waals surface area contributed by atoms with E-state index in [1.54, 1.807) is 18.2 Å². The van der Waals surface area contributed by atoms with Crippen molar-refractivity contribution in [3.05, 3.63) is 319 Å². The number of aryl methyl sites for hydroxylation is 17. The third-order valence-electron chi connectivity index (χ3n) is 18.7. The van der Waals surface area contributed by atoms with Crippen molar-refractivity contribution in [3.8, 4) is 67.5 Å². The first kappa shape index (κ1) is 64.9. The normalized spacial score (nSPS) is 11.7. The topological polar surface area (TPSA) is 23.3 Å². The Labute approximate surface area is 586 Å². The molecule has 0 amide bonds. The number of benzene rings is 6. The Morgan fingerprint density at radius 2 is 0.490 bits per heavy atom. The van der Waals surface area contributed by atoms with Gasteiger partial charge in [-0.15, -0.1) is 0 Å². The molecule has 0 saturated heterocycles. The summed E-state index contributed by atoms with van der Waals surface area (Å²) in [5, 5.41) is 0. The van der Waals surface area contributed by atoms with Crippen molar-refractivity contribution < 1.29 is 35.6 Å². The number of hydrogen-bond donors (Lipinski definition) is 0. The van der Waals surface area contributed by atoms with Gasteiger partial charge in [0.25, 0.3) is 0 Å². The van der Waals surface area contributed by atoms with Gasteiger partial charge in [-0.25, -0.2) is 0 Å². The minimum atomic E-state index is -2.07. The van der Waals surface area contributed by atoms with Crippen LogP contribution >= 0.6 is 0 Å². The largest absolute Gasteiger partial charge is 0.212 e. The van der Waals surface area contributed by atoms with Crippen LogP contribution in [0.1, 0.15) is 109 Å². The minimum Gasteiger partial charge on any atom is -0.199 e. The summed E-state index contributed by atoms with van der Waals surface area (Å²) >= 11 is 0. The van der Waals surface area contributed by atoms with Crippen LogP contribution in [0.5, 0.6) is 0 Å². The molecule has 0 unspecified atom stereocenters. The van der Waals surface area contributed by atoms with Gasteiger partial charge < -0.3 is 0 Å². The Hall–Kier alpha value is -9.78. The van der Waals surface area contributed by atoms with Crippen LogP contribution in [0.25, 0.3) is 67.5 Å². The van der Waals surface area contributed by atoms with Gasteiger partial charge in [0.05, 0.1) is 5.56 Å². The standard InChI is InChI=1S/6C15H18N/c1-11-7-5-9-14(13(11)3)15-10-6-8-12(2)16(15)4;1-11-7-5-8-12(2)15(11)14-10-6-9-13(3)16(14)4;2*1-11-8-9-14(12(2)10-11)15-7-5-6-13(3)16(15)4;2*1-11-8-9-12(2)14(10-11)15-7-5-6-13(3)16(15)4/h6*5-10H,1-4H3/q6*+1/i1D3;;1D3;;;. The summed E-state index contributed by atoms with van der Waals surface area (Å²) in [6, 6.07) is 74.9. The van der Waals surface area contributed by atoms with E-state index in [9.17, 15) is 0 Å². The average Bonchev–Trinajstić information content (AvgIpc) is 0.796. The van der Waals surface area contributed by atoms with Crippen LogP contribution in [-0.2, 0) is 42.3 Å². The first-order valence-electron chi connectivity index (χ1n) is 36.3. The molecule has 96 heavy (non-hydrogen) atoms. The van der Waals surface area contributed by atoms with Crippen molar-refractivity contribution in [1.82, 2.24) is 0 Å². The van der Waals surface area contributed by atoms with Gasteiger partial charge in [-0.1, -0.05) is 101 Å². The van der Waals surface area contributed by atoms with Crippen LogP contribution < -0.4 is 27.4 Å². The molecular weight excluding hydrogens is 1170 g/mol. The summed E-state index contributed by atoms with van der Waals surface area (Å²) in [6.07, 6.45) is 0. The summed E-state index contributed by atoms with van der Waals surface area (Å²) in [5.74, 6) is 0. The molecule has 0 radical (unpaired) electrons. The van der Waals surface area contributed by atoms with E-state index >= 15 is 0 Å². The monoisotopic (exact) mass is 1280 g/mol. The van der Waals surface area contributed by atoms with E-state index in [0.29, 0.717) is 11.1 Å². The molecule has 0 saturated carbocycles. The Balaban J connectivity index is 0.000000172. The molecule has 12 rings (SSSR count). The predicted molar refractivity (Wildman–Crippen MR) is 404 cm³/mol. The quantitative estimate of drug-likeness (QED) is 0.148.